The molecule has 0 bridgehead atoms. The van der Waals surface area contributed by atoms with E-state index in [-0.39, 0.29) is 10.8 Å². The van der Waals surface area contributed by atoms with Crippen molar-refractivity contribution in [2.45, 2.75) is 37.4 Å². The lowest BCUT2D eigenvalue weighted by molar-refractivity contribution is -0.192. The zero-order chi connectivity index (χ0) is 24.5. The van der Waals surface area contributed by atoms with Gasteiger partial charge in [-0.2, -0.15) is 13.2 Å². The van der Waals surface area contributed by atoms with Gasteiger partial charge in [-0.15, -0.1) is 0 Å². The van der Waals surface area contributed by atoms with Gasteiger partial charge in [0.15, 0.2) is 0 Å². The van der Waals surface area contributed by atoms with E-state index in [1.807, 2.05) is 36.4 Å². The lowest BCUT2D eigenvalue weighted by Crippen LogP contribution is -2.21. The largest absolute Gasteiger partial charge is 0.490 e. The number of hydrogen-bond donors (Lipinski definition) is 4. The van der Waals surface area contributed by atoms with Crippen molar-refractivity contribution in [1.29, 1.82) is 0 Å². The summed E-state index contributed by atoms with van der Waals surface area (Å²) in [7, 11) is 0. The first-order valence-electron chi connectivity index (χ1n) is 10.7. The molecule has 180 valence electrons. The molecule has 1 amide bonds. The molecule has 0 aliphatic heterocycles. The van der Waals surface area contributed by atoms with E-state index in [1.54, 1.807) is 0 Å². The van der Waals surface area contributed by atoms with Gasteiger partial charge in [0.25, 0.3) is 5.91 Å². The van der Waals surface area contributed by atoms with Crippen molar-refractivity contribution in [1.82, 2.24) is 10.3 Å². The van der Waals surface area contributed by atoms with Crippen LogP contribution in [0.4, 0.5) is 18.9 Å². The number of alkyl halides is 3. The van der Waals surface area contributed by atoms with Gasteiger partial charge in [0.05, 0.1) is 10.2 Å². The third-order valence-electron chi connectivity index (χ3n) is 5.65. The van der Waals surface area contributed by atoms with Gasteiger partial charge in [0.2, 0.25) is 0 Å². The van der Waals surface area contributed by atoms with E-state index in [9.17, 15) is 22.8 Å². The minimum atomic E-state index is -5.08. The molecule has 1 heterocycles. The summed E-state index contributed by atoms with van der Waals surface area (Å²) in [5.41, 5.74) is 3.39. The Morgan fingerprint density at radius 1 is 1.15 bits per heavy atom. The van der Waals surface area contributed by atoms with E-state index in [4.69, 9.17) is 9.90 Å². The Morgan fingerprint density at radius 3 is 2.56 bits per heavy atom. The van der Waals surface area contributed by atoms with Crippen molar-refractivity contribution in [3.63, 3.8) is 0 Å². The van der Waals surface area contributed by atoms with Gasteiger partial charge >= 0.3 is 17.0 Å². The third kappa shape index (κ3) is 6.23. The summed E-state index contributed by atoms with van der Waals surface area (Å²) < 4.78 is 32.6. The van der Waals surface area contributed by atoms with Gasteiger partial charge in [-0.3, -0.25) is 9.59 Å². The third-order valence-corrected chi connectivity index (χ3v) is 6.50. The van der Waals surface area contributed by atoms with Crippen LogP contribution < -0.4 is 15.5 Å². The molecule has 11 heteroatoms. The smallest absolute Gasteiger partial charge is 0.475 e. The molecule has 0 saturated heterocycles. The molecule has 2 fully saturated rings. The Labute approximate surface area is 196 Å². The van der Waals surface area contributed by atoms with Gasteiger partial charge < -0.3 is 20.7 Å². The minimum Gasteiger partial charge on any atom is -0.475 e. The van der Waals surface area contributed by atoms with Crippen LogP contribution in [0.3, 0.4) is 0 Å². The quantitative estimate of drug-likeness (QED) is 0.409. The molecule has 4 N–H and O–H groups in total. The highest BCUT2D eigenvalue weighted by atomic mass is 32.1. The van der Waals surface area contributed by atoms with Crippen LogP contribution in [0.1, 0.15) is 41.1 Å². The van der Waals surface area contributed by atoms with Crippen molar-refractivity contribution >= 4 is 39.1 Å². The topological polar surface area (TPSA) is 111 Å². The summed E-state index contributed by atoms with van der Waals surface area (Å²) in [5, 5.41) is 13.7. The van der Waals surface area contributed by atoms with Gasteiger partial charge in [-0.1, -0.05) is 23.5 Å². The number of carbonyl (C=O) groups is 2. The molecular weight excluding hydrogens is 471 g/mol. The summed E-state index contributed by atoms with van der Waals surface area (Å²) in [5.74, 6) is -1.47. The van der Waals surface area contributed by atoms with Gasteiger partial charge in [0, 0.05) is 23.2 Å². The number of thiazole rings is 1. The standard InChI is InChI=1S/C21H21N3O2S.C2HF3O2/c25-20(23-15-6-7-17-19(9-15)27-21(26)24-17)14-3-1-2-13(8-14)16-10-18(16)22-11-12-4-5-12;3-2(4,5)1(6)7/h1-3,6-9,12,16,18,22H,4-5,10-11H2,(H,23,25)(H,24,26);(H,6,7)/t16-,18+;/m0./s1. The van der Waals surface area contributed by atoms with Crippen molar-refractivity contribution < 1.29 is 27.9 Å². The number of rotatable bonds is 6. The number of carboxylic acid groups (broad SMARTS) is 1. The second-order valence-corrected chi connectivity index (χ2v) is 9.42. The molecule has 5 rings (SSSR count). The summed E-state index contributed by atoms with van der Waals surface area (Å²) >= 11 is 1.15. The van der Waals surface area contributed by atoms with E-state index in [2.05, 4.69) is 21.7 Å². The van der Waals surface area contributed by atoms with Crippen LogP contribution in [0.25, 0.3) is 10.2 Å². The van der Waals surface area contributed by atoms with E-state index in [1.165, 1.54) is 18.4 Å². The SMILES string of the molecule is O=C(Nc1ccc2[nH]c(=O)sc2c1)c1cccc([C@@H]2C[C@H]2NCC2CC2)c1.O=C(O)C(F)(F)F. The van der Waals surface area contributed by atoms with Crippen LogP contribution in [0, 0.1) is 5.92 Å². The molecule has 0 radical (unpaired) electrons. The number of nitrogens with one attached hydrogen (secondary N) is 3. The zero-order valence-electron chi connectivity index (χ0n) is 17.8. The fraction of sp³-hybridized carbons (Fsp3) is 0.348. The number of anilines is 1. The average Bonchev–Trinajstić information content (AvgIpc) is 3.69. The number of halogens is 3. The number of aromatic nitrogens is 1. The minimum absolute atomic E-state index is 0.0875. The van der Waals surface area contributed by atoms with Crippen molar-refractivity contribution in [3.8, 4) is 0 Å². The van der Waals surface area contributed by atoms with Crippen LogP contribution in [0.5, 0.6) is 0 Å². The number of carbonyl (C=O) groups excluding carboxylic acids is 1. The molecule has 0 unspecified atom stereocenters. The molecule has 3 aromatic rings. The zero-order valence-corrected chi connectivity index (χ0v) is 18.6. The molecule has 2 aromatic carbocycles. The second kappa shape index (κ2) is 9.59. The summed E-state index contributed by atoms with van der Waals surface area (Å²) in [6.45, 7) is 1.13. The Balaban J connectivity index is 0.000000344. The molecule has 2 atom stereocenters. The van der Waals surface area contributed by atoms with Crippen LogP contribution >= 0.6 is 11.3 Å². The molecule has 2 aliphatic carbocycles. The molecule has 7 nitrogen and oxygen atoms in total. The highest BCUT2D eigenvalue weighted by Crippen LogP contribution is 2.42. The van der Waals surface area contributed by atoms with Gasteiger partial charge in [-0.05, 0) is 67.6 Å². The van der Waals surface area contributed by atoms with Crippen molar-refractivity contribution in [2.24, 2.45) is 5.92 Å². The normalized spacial score (nSPS) is 19.3. The van der Waals surface area contributed by atoms with Crippen LogP contribution in [-0.4, -0.2) is 40.7 Å². The monoisotopic (exact) mass is 493 g/mol. The Morgan fingerprint density at radius 2 is 1.88 bits per heavy atom. The molecule has 2 aliphatic rings. The summed E-state index contributed by atoms with van der Waals surface area (Å²) in [6, 6.07) is 13.9. The molecule has 1 aromatic heterocycles. The van der Waals surface area contributed by atoms with Crippen molar-refractivity contribution in [3.05, 3.63) is 63.3 Å². The number of H-pyrrole nitrogens is 1. The fourth-order valence-electron chi connectivity index (χ4n) is 3.57. The average molecular weight is 494 g/mol. The highest BCUT2D eigenvalue weighted by Gasteiger charge is 2.39. The van der Waals surface area contributed by atoms with Crippen molar-refractivity contribution in [2.75, 3.05) is 11.9 Å². The maximum absolute atomic E-state index is 12.7. The molecular formula is C23H22F3N3O4S. The molecule has 34 heavy (non-hydrogen) atoms. The summed E-state index contributed by atoms with van der Waals surface area (Å²) in [4.78, 5) is 35.7. The summed E-state index contributed by atoms with van der Waals surface area (Å²) in [6.07, 6.45) is -1.20. The maximum Gasteiger partial charge on any atom is 0.490 e. The highest BCUT2D eigenvalue weighted by molar-refractivity contribution is 7.16. The molecule has 2 saturated carbocycles. The number of benzene rings is 2. The van der Waals surface area contributed by atoms with Crippen LogP contribution in [-0.2, 0) is 4.79 Å². The first-order valence-corrected chi connectivity index (χ1v) is 11.5. The number of hydrogen-bond acceptors (Lipinski definition) is 5. The van der Waals surface area contributed by atoms with Crippen LogP contribution in [0.15, 0.2) is 47.3 Å². The number of carboxylic acids is 1. The first kappa shape index (κ1) is 24.0. The lowest BCUT2D eigenvalue weighted by Gasteiger charge is -2.08. The number of amides is 1. The number of fused-ring (bicyclic) bond motifs is 1. The second-order valence-electron chi connectivity index (χ2n) is 8.41. The van der Waals surface area contributed by atoms with E-state index >= 15 is 0 Å². The Kier molecular flexibility index (Phi) is 6.76. The predicted octanol–water partition coefficient (Wildman–Crippen LogP) is 4.33. The fourth-order valence-corrected chi connectivity index (χ4v) is 4.34. The first-order chi connectivity index (χ1) is 16.1. The van der Waals surface area contributed by atoms with E-state index < -0.39 is 12.1 Å². The lowest BCUT2D eigenvalue weighted by atomic mass is 10.1. The Hall–Kier alpha value is -3.18. The van der Waals surface area contributed by atoms with Crippen LogP contribution in [0.2, 0.25) is 0 Å². The number of aliphatic carboxylic acids is 1. The van der Waals surface area contributed by atoms with E-state index in [0.29, 0.717) is 23.2 Å². The van der Waals surface area contributed by atoms with E-state index in [0.717, 1.165) is 40.4 Å². The number of aromatic amines is 1. The molecule has 0 spiro atoms. The predicted molar refractivity (Wildman–Crippen MR) is 122 cm³/mol. The van der Waals surface area contributed by atoms with Gasteiger partial charge in [0.1, 0.15) is 0 Å². The Bertz CT molecular complexity index is 1270. The van der Waals surface area contributed by atoms with Gasteiger partial charge in [-0.25, -0.2) is 4.79 Å². The maximum atomic E-state index is 12.7.